The van der Waals surface area contributed by atoms with Gasteiger partial charge < -0.3 is 21.4 Å². The zero-order valence-corrected chi connectivity index (χ0v) is 19.3. The lowest BCUT2D eigenvalue weighted by molar-refractivity contribution is 0.0933. The number of hydrogen-bond donors (Lipinski definition) is 4. The van der Waals surface area contributed by atoms with Gasteiger partial charge in [0.05, 0.1) is 17.9 Å². The van der Waals surface area contributed by atoms with E-state index < -0.39 is 5.91 Å². The van der Waals surface area contributed by atoms with Crippen LogP contribution in [0.2, 0.25) is 0 Å². The molecule has 7 heteroatoms. The van der Waals surface area contributed by atoms with Crippen LogP contribution in [-0.4, -0.2) is 28.3 Å². The smallest absolute Gasteiger partial charge is 0.251 e. The van der Waals surface area contributed by atoms with Gasteiger partial charge in [-0.25, -0.2) is 4.98 Å². The number of imidazole rings is 1. The first kappa shape index (κ1) is 22.6. The monoisotopic (exact) mass is 465 g/mol. The molecule has 0 fully saturated rings. The van der Waals surface area contributed by atoms with Gasteiger partial charge in [0.1, 0.15) is 5.82 Å². The third-order valence-corrected chi connectivity index (χ3v) is 6.35. The molecule has 5 rings (SSSR count). The topological polar surface area (TPSA) is 113 Å². The molecular formula is C28H27N5O2. The summed E-state index contributed by atoms with van der Waals surface area (Å²) in [5.41, 5.74) is 11.7. The predicted octanol–water partition coefficient (Wildman–Crippen LogP) is 3.54. The molecule has 2 amide bonds. The number of aromatic nitrogens is 2. The highest BCUT2D eigenvalue weighted by Crippen LogP contribution is 2.23. The van der Waals surface area contributed by atoms with Crippen molar-refractivity contribution in [1.82, 2.24) is 20.6 Å². The molecule has 0 saturated heterocycles. The van der Waals surface area contributed by atoms with Crippen molar-refractivity contribution in [2.45, 2.75) is 25.4 Å². The summed E-state index contributed by atoms with van der Waals surface area (Å²) in [7, 11) is 0. The predicted molar refractivity (Wildman–Crippen MR) is 135 cm³/mol. The van der Waals surface area contributed by atoms with Gasteiger partial charge in [0, 0.05) is 17.7 Å². The van der Waals surface area contributed by atoms with E-state index in [4.69, 9.17) is 5.73 Å². The first-order chi connectivity index (χ1) is 17.1. The van der Waals surface area contributed by atoms with E-state index in [1.807, 2.05) is 60.7 Å². The number of carbonyl (C=O) groups excluding carboxylic acids is 2. The first-order valence-electron chi connectivity index (χ1n) is 11.7. The number of rotatable bonds is 7. The lowest BCUT2D eigenvalue weighted by atomic mass is 9.98. The van der Waals surface area contributed by atoms with Crippen LogP contribution in [-0.2, 0) is 19.4 Å². The highest BCUT2D eigenvalue weighted by Gasteiger charge is 2.21. The van der Waals surface area contributed by atoms with E-state index >= 15 is 0 Å². The summed E-state index contributed by atoms with van der Waals surface area (Å²) in [6.45, 7) is 1.76. The first-order valence-corrected chi connectivity index (χ1v) is 11.7. The Morgan fingerprint density at radius 1 is 0.971 bits per heavy atom. The average Bonchev–Trinajstić information content (AvgIpc) is 3.39. The SMILES string of the molecule is NC(=O)c1ccc(-c2cnc(C(Cc3ccccc3)NC(=O)c3ccc4c(c3)CCNC4)[nH]2)cc1. The molecular weight excluding hydrogens is 438 g/mol. The Kier molecular flexibility index (Phi) is 6.41. The number of hydrogen-bond acceptors (Lipinski definition) is 4. The molecule has 0 radical (unpaired) electrons. The number of nitrogens with zero attached hydrogens (tertiary/aromatic N) is 1. The number of primary amides is 1. The maximum absolute atomic E-state index is 13.3. The summed E-state index contributed by atoms with van der Waals surface area (Å²) >= 11 is 0. The minimum absolute atomic E-state index is 0.129. The van der Waals surface area contributed by atoms with Crippen molar-refractivity contribution in [3.8, 4) is 11.3 Å². The van der Waals surface area contributed by atoms with Crippen LogP contribution in [0.4, 0.5) is 0 Å². The second-order valence-corrected chi connectivity index (χ2v) is 8.75. The lowest BCUT2D eigenvalue weighted by Crippen LogP contribution is -2.31. The zero-order chi connectivity index (χ0) is 24.2. The molecule has 1 unspecified atom stereocenters. The fourth-order valence-corrected chi connectivity index (χ4v) is 4.40. The molecule has 0 saturated carbocycles. The molecule has 1 atom stereocenters. The molecule has 1 aliphatic rings. The fourth-order valence-electron chi connectivity index (χ4n) is 4.40. The Morgan fingerprint density at radius 2 is 1.74 bits per heavy atom. The van der Waals surface area contributed by atoms with Crippen molar-refractivity contribution in [1.29, 1.82) is 0 Å². The number of nitrogens with one attached hydrogen (secondary N) is 3. The second kappa shape index (κ2) is 9.95. The minimum atomic E-state index is -0.467. The minimum Gasteiger partial charge on any atom is -0.366 e. The molecule has 0 bridgehead atoms. The summed E-state index contributed by atoms with van der Waals surface area (Å²) < 4.78 is 0. The Hall–Kier alpha value is -4.23. The molecule has 4 aromatic rings. The van der Waals surface area contributed by atoms with Crippen LogP contribution in [0.25, 0.3) is 11.3 Å². The van der Waals surface area contributed by atoms with Crippen LogP contribution in [0.5, 0.6) is 0 Å². The van der Waals surface area contributed by atoms with Crippen molar-refractivity contribution in [3.05, 3.63) is 113 Å². The normalized spacial score (nSPS) is 13.6. The van der Waals surface area contributed by atoms with Gasteiger partial charge in [-0.05, 0) is 65.9 Å². The summed E-state index contributed by atoms with van der Waals surface area (Å²) in [5.74, 6) is 0.0697. The molecule has 5 N–H and O–H groups in total. The fraction of sp³-hybridized carbons (Fsp3) is 0.179. The molecule has 35 heavy (non-hydrogen) atoms. The van der Waals surface area contributed by atoms with Crippen molar-refractivity contribution in [3.63, 3.8) is 0 Å². The summed E-state index contributed by atoms with van der Waals surface area (Å²) in [6, 6.07) is 22.6. The maximum Gasteiger partial charge on any atom is 0.251 e. The highest BCUT2D eigenvalue weighted by atomic mass is 16.2. The van der Waals surface area contributed by atoms with E-state index in [0.29, 0.717) is 23.4 Å². The zero-order valence-electron chi connectivity index (χ0n) is 19.3. The van der Waals surface area contributed by atoms with Gasteiger partial charge in [0.15, 0.2) is 0 Å². The van der Waals surface area contributed by atoms with Gasteiger partial charge in [0.25, 0.3) is 5.91 Å². The number of amides is 2. The highest BCUT2D eigenvalue weighted by molar-refractivity contribution is 5.95. The van der Waals surface area contributed by atoms with Crippen molar-refractivity contribution < 1.29 is 9.59 Å². The molecule has 0 aliphatic carbocycles. The van der Waals surface area contributed by atoms with E-state index in [1.54, 1.807) is 18.3 Å². The number of fused-ring (bicyclic) bond motifs is 1. The van der Waals surface area contributed by atoms with Gasteiger partial charge in [0.2, 0.25) is 5.91 Å². The maximum atomic E-state index is 13.3. The van der Waals surface area contributed by atoms with Crippen LogP contribution in [0.3, 0.4) is 0 Å². The molecule has 0 spiro atoms. The lowest BCUT2D eigenvalue weighted by Gasteiger charge is -2.20. The summed E-state index contributed by atoms with van der Waals surface area (Å²) in [5, 5.41) is 6.54. The van der Waals surface area contributed by atoms with Crippen molar-refractivity contribution in [2.24, 2.45) is 5.73 Å². The molecule has 1 aromatic heterocycles. The van der Waals surface area contributed by atoms with Gasteiger partial charge in [-0.2, -0.15) is 0 Å². The molecule has 176 valence electrons. The largest absolute Gasteiger partial charge is 0.366 e. The third kappa shape index (κ3) is 5.15. The van der Waals surface area contributed by atoms with Crippen molar-refractivity contribution >= 4 is 11.8 Å². The summed E-state index contributed by atoms with van der Waals surface area (Å²) in [4.78, 5) is 32.6. The number of aromatic amines is 1. The van der Waals surface area contributed by atoms with E-state index in [2.05, 4.69) is 20.6 Å². The van der Waals surface area contributed by atoms with Crippen LogP contribution < -0.4 is 16.4 Å². The molecule has 7 nitrogen and oxygen atoms in total. The third-order valence-electron chi connectivity index (χ3n) is 6.35. The number of H-pyrrole nitrogens is 1. The number of carbonyl (C=O) groups is 2. The van der Waals surface area contributed by atoms with Gasteiger partial charge in [-0.3, -0.25) is 9.59 Å². The van der Waals surface area contributed by atoms with Crippen molar-refractivity contribution in [2.75, 3.05) is 6.54 Å². The Balaban J connectivity index is 1.40. The molecule has 1 aliphatic heterocycles. The average molecular weight is 466 g/mol. The quantitative estimate of drug-likeness (QED) is 0.334. The van der Waals surface area contributed by atoms with Crippen LogP contribution in [0.15, 0.2) is 79.0 Å². The Morgan fingerprint density at radius 3 is 2.51 bits per heavy atom. The molecule has 2 heterocycles. The van der Waals surface area contributed by atoms with Crippen LogP contribution in [0.1, 0.15) is 49.3 Å². The van der Waals surface area contributed by atoms with Gasteiger partial charge in [-0.15, -0.1) is 0 Å². The standard InChI is InChI=1S/C28H27N5O2/c29-26(34)20-8-6-19(7-9-20)25-17-31-27(32-25)24(14-18-4-2-1-3-5-18)33-28(35)22-10-11-23-16-30-13-12-21(23)15-22/h1-11,15,17,24,30H,12-14,16H2,(H2,29,34)(H,31,32)(H,33,35). The second-order valence-electron chi connectivity index (χ2n) is 8.75. The van der Waals surface area contributed by atoms with Crippen LogP contribution in [0, 0.1) is 0 Å². The Labute approximate surface area is 203 Å². The van der Waals surface area contributed by atoms with E-state index in [-0.39, 0.29) is 11.9 Å². The Bertz CT molecular complexity index is 1350. The van der Waals surface area contributed by atoms with E-state index in [1.165, 1.54) is 11.1 Å². The van der Waals surface area contributed by atoms with E-state index in [9.17, 15) is 9.59 Å². The number of benzene rings is 3. The van der Waals surface area contributed by atoms with Crippen LogP contribution >= 0.6 is 0 Å². The number of nitrogens with two attached hydrogens (primary N) is 1. The van der Waals surface area contributed by atoms with Gasteiger partial charge >= 0.3 is 0 Å². The van der Waals surface area contributed by atoms with Gasteiger partial charge in [-0.1, -0.05) is 48.5 Å². The van der Waals surface area contributed by atoms with E-state index in [0.717, 1.165) is 36.3 Å². The molecule has 3 aromatic carbocycles. The summed E-state index contributed by atoms with van der Waals surface area (Å²) in [6.07, 6.45) is 3.25.